The monoisotopic (exact) mass is 398 g/mol. The van der Waals surface area contributed by atoms with Crippen molar-refractivity contribution in [3.63, 3.8) is 0 Å². The summed E-state index contributed by atoms with van der Waals surface area (Å²) in [5.41, 5.74) is 1.83. The van der Waals surface area contributed by atoms with E-state index in [0.717, 1.165) is 12.0 Å². The minimum Gasteiger partial charge on any atom is -0.497 e. The van der Waals surface area contributed by atoms with Crippen molar-refractivity contribution in [3.05, 3.63) is 53.7 Å². The standard InChI is InChI=1S/C21H22N2O4S/c1-4-10-27-18-9-8-14(12-19(18)26-3)11-17-20(24)23(21(28)22-17)15-6-5-7-16(13-15)25-2/h5-9,11-13H,4,10H2,1-3H3,(H,22,28)/b17-11-. The van der Waals surface area contributed by atoms with E-state index in [0.29, 0.717) is 40.4 Å². The van der Waals surface area contributed by atoms with Crippen molar-refractivity contribution in [2.45, 2.75) is 13.3 Å². The van der Waals surface area contributed by atoms with Crippen molar-refractivity contribution in [1.29, 1.82) is 0 Å². The van der Waals surface area contributed by atoms with Crippen molar-refractivity contribution < 1.29 is 19.0 Å². The number of benzene rings is 2. The van der Waals surface area contributed by atoms with Crippen LogP contribution in [0.2, 0.25) is 0 Å². The first-order valence-corrected chi connectivity index (χ1v) is 9.30. The van der Waals surface area contributed by atoms with Gasteiger partial charge in [0.15, 0.2) is 16.6 Å². The lowest BCUT2D eigenvalue weighted by Gasteiger charge is -2.14. The first-order valence-electron chi connectivity index (χ1n) is 8.89. The van der Waals surface area contributed by atoms with Gasteiger partial charge in [0, 0.05) is 6.07 Å². The first-order chi connectivity index (χ1) is 13.6. The lowest BCUT2D eigenvalue weighted by Crippen LogP contribution is -2.30. The molecule has 0 aromatic heterocycles. The third-order valence-corrected chi connectivity index (χ3v) is 4.43. The van der Waals surface area contributed by atoms with Crippen molar-refractivity contribution in [2.75, 3.05) is 25.7 Å². The maximum Gasteiger partial charge on any atom is 0.281 e. The van der Waals surface area contributed by atoms with Gasteiger partial charge in [0.05, 0.1) is 26.5 Å². The second-order valence-electron chi connectivity index (χ2n) is 6.09. The summed E-state index contributed by atoms with van der Waals surface area (Å²) in [6.45, 7) is 2.65. The van der Waals surface area contributed by atoms with Crippen LogP contribution in [0.15, 0.2) is 48.2 Å². The molecule has 6 nitrogen and oxygen atoms in total. The molecule has 0 atom stereocenters. The number of amides is 1. The van der Waals surface area contributed by atoms with E-state index in [1.807, 2.05) is 37.3 Å². The molecule has 146 valence electrons. The molecule has 0 spiro atoms. The lowest BCUT2D eigenvalue weighted by molar-refractivity contribution is -0.113. The van der Waals surface area contributed by atoms with Crippen LogP contribution in [0, 0.1) is 0 Å². The quantitative estimate of drug-likeness (QED) is 0.566. The Kier molecular flexibility index (Phi) is 6.16. The van der Waals surface area contributed by atoms with Crippen LogP contribution in [0.4, 0.5) is 5.69 Å². The fourth-order valence-corrected chi connectivity index (χ4v) is 3.09. The van der Waals surface area contributed by atoms with Crippen LogP contribution in [-0.2, 0) is 4.79 Å². The number of methoxy groups -OCH3 is 2. The van der Waals surface area contributed by atoms with Crippen LogP contribution in [0.3, 0.4) is 0 Å². The second-order valence-corrected chi connectivity index (χ2v) is 6.48. The number of anilines is 1. The van der Waals surface area contributed by atoms with Crippen LogP contribution in [0.1, 0.15) is 18.9 Å². The van der Waals surface area contributed by atoms with Crippen molar-refractivity contribution in [2.24, 2.45) is 0 Å². The zero-order valence-electron chi connectivity index (χ0n) is 16.0. The highest BCUT2D eigenvalue weighted by Crippen LogP contribution is 2.30. The van der Waals surface area contributed by atoms with Gasteiger partial charge in [-0.1, -0.05) is 19.1 Å². The molecule has 1 aliphatic rings. The Morgan fingerprint density at radius 3 is 2.64 bits per heavy atom. The van der Waals surface area contributed by atoms with Gasteiger partial charge in [-0.3, -0.25) is 9.69 Å². The van der Waals surface area contributed by atoms with Crippen molar-refractivity contribution >= 4 is 35.0 Å². The van der Waals surface area contributed by atoms with E-state index >= 15 is 0 Å². The van der Waals surface area contributed by atoms with Crippen LogP contribution >= 0.6 is 12.2 Å². The van der Waals surface area contributed by atoms with Crippen LogP contribution in [0.5, 0.6) is 17.2 Å². The number of carbonyl (C=O) groups is 1. The summed E-state index contributed by atoms with van der Waals surface area (Å²) in [6, 6.07) is 12.7. The molecular formula is C21H22N2O4S. The van der Waals surface area contributed by atoms with Gasteiger partial charge in [0.1, 0.15) is 11.4 Å². The predicted octanol–water partition coefficient (Wildman–Crippen LogP) is 3.75. The fraction of sp³-hybridized carbons (Fsp3) is 0.238. The first kappa shape index (κ1) is 19.7. The van der Waals surface area contributed by atoms with E-state index in [-0.39, 0.29) is 5.91 Å². The number of carbonyl (C=O) groups excluding carboxylic acids is 1. The third-order valence-electron chi connectivity index (χ3n) is 4.15. The SMILES string of the molecule is CCCOc1ccc(/C=C2\NC(=S)N(c3cccc(OC)c3)C2=O)cc1OC. The van der Waals surface area contributed by atoms with Crippen molar-refractivity contribution in [1.82, 2.24) is 5.32 Å². The lowest BCUT2D eigenvalue weighted by atomic mass is 10.1. The Bertz CT molecular complexity index is 926. The van der Waals surface area contributed by atoms with E-state index in [2.05, 4.69) is 5.32 Å². The Labute approximate surface area is 169 Å². The molecule has 1 N–H and O–H groups in total. The smallest absolute Gasteiger partial charge is 0.281 e. The van der Waals surface area contributed by atoms with Crippen molar-refractivity contribution in [3.8, 4) is 17.2 Å². The summed E-state index contributed by atoms with van der Waals surface area (Å²) in [6.07, 6.45) is 2.64. The van der Waals surface area contributed by atoms with E-state index in [9.17, 15) is 4.79 Å². The maximum absolute atomic E-state index is 12.9. The largest absolute Gasteiger partial charge is 0.497 e. The highest BCUT2D eigenvalue weighted by molar-refractivity contribution is 7.80. The van der Waals surface area contributed by atoms with Gasteiger partial charge in [-0.2, -0.15) is 0 Å². The number of nitrogens with one attached hydrogen (secondary N) is 1. The number of nitrogens with zero attached hydrogens (tertiary/aromatic N) is 1. The predicted molar refractivity (Wildman–Crippen MR) is 113 cm³/mol. The molecule has 0 radical (unpaired) electrons. The average molecular weight is 398 g/mol. The zero-order valence-corrected chi connectivity index (χ0v) is 16.8. The van der Waals surface area contributed by atoms with Crippen LogP contribution in [0.25, 0.3) is 6.08 Å². The molecule has 0 saturated carbocycles. The van der Waals surface area contributed by atoms with Gasteiger partial charge in [-0.05, 0) is 54.5 Å². The van der Waals surface area contributed by atoms with E-state index in [4.69, 9.17) is 26.4 Å². The molecule has 1 saturated heterocycles. The Morgan fingerprint density at radius 2 is 1.93 bits per heavy atom. The second kappa shape index (κ2) is 8.75. The normalized spacial score (nSPS) is 15.0. The van der Waals surface area contributed by atoms with Gasteiger partial charge >= 0.3 is 0 Å². The van der Waals surface area contributed by atoms with Gasteiger partial charge in [0.25, 0.3) is 5.91 Å². The molecule has 3 rings (SSSR count). The molecule has 1 amide bonds. The molecular weight excluding hydrogens is 376 g/mol. The molecule has 1 fully saturated rings. The number of hydrogen-bond donors (Lipinski definition) is 1. The molecule has 28 heavy (non-hydrogen) atoms. The van der Waals surface area contributed by atoms with E-state index in [1.54, 1.807) is 32.4 Å². The topological polar surface area (TPSA) is 60.0 Å². The number of ether oxygens (including phenoxy) is 3. The molecule has 2 aromatic carbocycles. The summed E-state index contributed by atoms with van der Waals surface area (Å²) in [7, 11) is 3.16. The van der Waals surface area contributed by atoms with Gasteiger partial charge < -0.3 is 19.5 Å². The summed E-state index contributed by atoms with van der Waals surface area (Å²) in [4.78, 5) is 14.3. The number of hydrogen-bond acceptors (Lipinski definition) is 5. The van der Waals surface area contributed by atoms with Gasteiger partial charge in [-0.15, -0.1) is 0 Å². The number of thiocarbonyl (C=S) groups is 1. The highest BCUT2D eigenvalue weighted by Gasteiger charge is 2.32. The Balaban J connectivity index is 1.87. The maximum atomic E-state index is 12.9. The zero-order chi connectivity index (χ0) is 20.1. The summed E-state index contributed by atoms with van der Waals surface area (Å²) in [5.74, 6) is 1.70. The van der Waals surface area contributed by atoms with E-state index < -0.39 is 0 Å². The summed E-state index contributed by atoms with van der Waals surface area (Å²) in [5, 5.41) is 3.30. The summed E-state index contributed by atoms with van der Waals surface area (Å²) < 4.78 is 16.3. The minimum absolute atomic E-state index is 0.233. The molecule has 7 heteroatoms. The third kappa shape index (κ3) is 4.09. The van der Waals surface area contributed by atoms with Gasteiger partial charge in [-0.25, -0.2) is 0 Å². The molecule has 1 aliphatic heterocycles. The summed E-state index contributed by atoms with van der Waals surface area (Å²) >= 11 is 5.36. The molecule has 2 aromatic rings. The highest BCUT2D eigenvalue weighted by atomic mass is 32.1. The number of rotatable bonds is 7. The van der Waals surface area contributed by atoms with E-state index in [1.165, 1.54) is 4.90 Å². The van der Waals surface area contributed by atoms with Gasteiger partial charge in [0.2, 0.25) is 0 Å². The Hall–Kier alpha value is -3.06. The molecule has 1 heterocycles. The molecule has 0 bridgehead atoms. The minimum atomic E-state index is -0.233. The fourth-order valence-electron chi connectivity index (χ4n) is 2.79. The van der Waals surface area contributed by atoms with Crippen LogP contribution in [-0.4, -0.2) is 31.8 Å². The Morgan fingerprint density at radius 1 is 1.11 bits per heavy atom. The molecule has 0 unspecified atom stereocenters. The van der Waals surface area contributed by atoms with Crippen LogP contribution < -0.4 is 24.4 Å². The molecule has 0 aliphatic carbocycles. The average Bonchev–Trinajstić information content (AvgIpc) is 2.99.